The number of alkyl halides is 1. The molecule has 21 heavy (non-hydrogen) atoms. The summed E-state index contributed by atoms with van der Waals surface area (Å²) in [4.78, 5) is 13.3. The zero-order valence-electron chi connectivity index (χ0n) is 11.7. The van der Waals surface area contributed by atoms with Gasteiger partial charge in [-0.25, -0.2) is 12.8 Å². The minimum absolute atomic E-state index is 0.0596. The fourth-order valence-corrected chi connectivity index (χ4v) is 3.16. The average Bonchev–Trinajstić information content (AvgIpc) is 2.79. The van der Waals surface area contributed by atoms with Gasteiger partial charge in [0.2, 0.25) is 5.91 Å². The standard InChI is InChI=1S/C14H17ClFNO3S/c1-21(19,20)8-5-13(18)17-7-6-14(16,10-17)11-3-2-4-12(15)9-11/h2-4,9H,5-8,10H2,1H3. The number of benzene rings is 1. The number of halogens is 2. The number of hydrogen-bond acceptors (Lipinski definition) is 3. The first kappa shape index (κ1) is 16.2. The van der Waals surface area contributed by atoms with Crippen molar-refractivity contribution >= 4 is 27.3 Å². The maximum atomic E-state index is 14.9. The summed E-state index contributed by atoms with van der Waals surface area (Å²) in [5.41, 5.74) is -1.17. The molecule has 1 heterocycles. The molecule has 0 spiro atoms. The topological polar surface area (TPSA) is 54.5 Å². The van der Waals surface area contributed by atoms with Crippen LogP contribution in [0.2, 0.25) is 5.02 Å². The minimum Gasteiger partial charge on any atom is -0.339 e. The monoisotopic (exact) mass is 333 g/mol. The first-order valence-corrected chi connectivity index (χ1v) is 9.04. The fraction of sp³-hybridized carbons (Fsp3) is 0.500. The molecule has 0 saturated carbocycles. The largest absolute Gasteiger partial charge is 0.339 e. The minimum atomic E-state index is -3.19. The lowest BCUT2D eigenvalue weighted by Crippen LogP contribution is -2.33. The summed E-state index contributed by atoms with van der Waals surface area (Å²) >= 11 is 5.87. The van der Waals surface area contributed by atoms with Gasteiger partial charge in [-0.3, -0.25) is 4.79 Å². The van der Waals surface area contributed by atoms with Gasteiger partial charge >= 0.3 is 0 Å². The number of nitrogens with zero attached hydrogens (tertiary/aromatic N) is 1. The maximum absolute atomic E-state index is 14.9. The molecule has 0 aliphatic carbocycles. The normalized spacial score (nSPS) is 22.5. The molecule has 0 bridgehead atoms. The smallest absolute Gasteiger partial charge is 0.223 e. The van der Waals surface area contributed by atoms with E-state index in [1.54, 1.807) is 24.3 Å². The molecule has 1 fully saturated rings. The molecule has 1 aromatic carbocycles. The number of amides is 1. The molecule has 1 atom stereocenters. The van der Waals surface area contributed by atoms with E-state index in [1.807, 2.05) is 0 Å². The lowest BCUT2D eigenvalue weighted by Gasteiger charge is -2.21. The van der Waals surface area contributed by atoms with E-state index in [4.69, 9.17) is 11.6 Å². The van der Waals surface area contributed by atoms with E-state index in [0.717, 1.165) is 6.26 Å². The molecule has 1 unspecified atom stereocenters. The molecule has 7 heteroatoms. The second-order valence-electron chi connectivity index (χ2n) is 5.42. The van der Waals surface area contributed by atoms with Gasteiger partial charge < -0.3 is 4.90 Å². The highest BCUT2D eigenvalue weighted by atomic mass is 35.5. The first-order valence-electron chi connectivity index (χ1n) is 6.60. The van der Waals surface area contributed by atoms with Crippen LogP contribution in [-0.4, -0.2) is 44.3 Å². The van der Waals surface area contributed by atoms with E-state index in [-0.39, 0.29) is 37.6 Å². The van der Waals surface area contributed by atoms with Gasteiger partial charge in [-0.05, 0) is 17.7 Å². The molecule has 4 nitrogen and oxygen atoms in total. The zero-order chi connectivity index (χ0) is 15.7. The van der Waals surface area contributed by atoms with Crippen molar-refractivity contribution in [3.8, 4) is 0 Å². The van der Waals surface area contributed by atoms with E-state index in [2.05, 4.69) is 0 Å². The molecule has 116 valence electrons. The Morgan fingerprint density at radius 1 is 1.48 bits per heavy atom. The highest BCUT2D eigenvalue weighted by molar-refractivity contribution is 7.90. The van der Waals surface area contributed by atoms with Crippen molar-refractivity contribution in [2.24, 2.45) is 0 Å². The van der Waals surface area contributed by atoms with Crippen LogP contribution in [0.1, 0.15) is 18.4 Å². The predicted octanol–water partition coefficient (Wildman–Crippen LogP) is 2.17. The van der Waals surface area contributed by atoms with Crippen LogP contribution in [0.15, 0.2) is 24.3 Å². The summed E-state index contributed by atoms with van der Waals surface area (Å²) in [6.07, 6.45) is 1.16. The van der Waals surface area contributed by atoms with Crippen LogP contribution in [0.25, 0.3) is 0 Å². The Labute approximate surface area is 128 Å². The van der Waals surface area contributed by atoms with Gasteiger partial charge in [-0.15, -0.1) is 0 Å². The lowest BCUT2D eigenvalue weighted by atomic mass is 9.95. The van der Waals surface area contributed by atoms with Crippen molar-refractivity contribution in [2.45, 2.75) is 18.5 Å². The third-order valence-electron chi connectivity index (χ3n) is 3.60. The molecule has 1 aliphatic rings. The van der Waals surface area contributed by atoms with E-state index in [0.29, 0.717) is 10.6 Å². The van der Waals surface area contributed by atoms with Crippen LogP contribution < -0.4 is 0 Å². The molecule has 0 N–H and O–H groups in total. The van der Waals surface area contributed by atoms with E-state index in [1.165, 1.54) is 4.90 Å². The Hall–Kier alpha value is -1.14. The van der Waals surface area contributed by atoms with Gasteiger partial charge in [0.15, 0.2) is 5.67 Å². The zero-order valence-corrected chi connectivity index (χ0v) is 13.3. The third-order valence-corrected chi connectivity index (χ3v) is 4.78. The maximum Gasteiger partial charge on any atom is 0.223 e. The van der Waals surface area contributed by atoms with Crippen LogP contribution in [0.4, 0.5) is 4.39 Å². The molecule has 1 saturated heterocycles. The highest BCUT2D eigenvalue weighted by Gasteiger charge is 2.41. The highest BCUT2D eigenvalue weighted by Crippen LogP contribution is 2.37. The number of carbonyl (C=O) groups is 1. The van der Waals surface area contributed by atoms with Crippen molar-refractivity contribution < 1.29 is 17.6 Å². The molecule has 1 aliphatic heterocycles. The summed E-state index contributed by atoms with van der Waals surface area (Å²) in [5.74, 6) is -0.541. The van der Waals surface area contributed by atoms with Gasteiger partial charge in [0.25, 0.3) is 0 Å². The van der Waals surface area contributed by atoms with Crippen LogP contribution in [0, 0.1) is 0 Å². The van der Waals surface area contributed by atoms with Crippen LogP contribution in [0.3, 0.4) is 0 Å². The summed E-state index contributed by atoms with van der Waals surface area (Å²) in [6.45, 7) is 0.224. The Kier molecular flexibility index (Phi) is 4.58. The summed E-state index contributed by atoms with van der Waals surface area (Å²) < 4.78 is 37.1. The molecule has 1 aromatic rings. The van der Waals surface area contributed by atoms with E-state index < -0.39 is 15.5 Å². The van der Waals surface area contributed by atoms with E-state index in [9.17, 15) is 17.6 Å². The predicted molar refractivity (Wildman–Crippen MR) is 79.8 cm³/mol. The van der Waals surface area contributed by atoms with Gasteiger partial charge in [-0.1, -0.05) is 23.7 Å². The Bertz CT molecular complexity index is 649. The van der Waals surface area contributed by atoms with Crippen molar-refractivity contribution in [3.05, 3.63) is 34.9 Å². The number of carbonyl (C=O) groups excluding carboxylic acids is 1. The molecule has 2 rings (SSSR count). The van der Waals surface area contributed by atoms with Crippen molar-refractivity contribution in [1.82, 2.24) is 4.90 Å². The van der Waals surface area contributed by atoms with Crippen LogP contribution in [-0.2, 0) is 20.3 Å². The summed E-state index contributed by atoms with van der Waals surface area (Å²) in [7, 11) is -3.19. The van der Waals surface area contributed by atoms with Crippen LogP contribution in [0.5, 0.6) is 0 Å². The summed E-state index contributed by atoms with van der Waals surface area (Å²) in [6, 6.07) is 6.55. The number of sulfone groups is 1. The molecule has 0 aromatic heterocycles. The van der Waals surface area contributed by atoms with Gasteiger partial charge in [0, 0.05) is 30.7 Å². The number of hydrogen-bond donors (Lipinski definition) is 0. The Morgan fingerprint density at radius 2 is 2.19 bits per heavy atom. The van der Waals surface area contributed by atoms with Crippen molar-refractivity contribution in [1.29, 1.82) is 0 Å². The fourth-order valence-electron chi connectivity index (χ4n) is 2.42. The lowest BCUT2D eigenvalue weighted by molar-refractivity contribution is -0.130. The number of rotatable bonds is 4. The first-order chi connectivity index (χ1) is 9.70. The second kappa shape index (κ2) is 5.93. The van der Waals surface area contributed by atoms with Gasteiger partial charge in [0.05, 0.1) is 12.3 Å². The Morgan fingerprint density at radius 3 is 2.81 bits per heavy atom. The molecule has 0 radical (unpaired) electrons. The van der Waals surface area contributed by atoms with Crippen molar-refractivity contribution in [3.63, 3.8) is 0 Å². The SMILES string of the molecule is CS(=O)(=O)CCC(=O)N1CCC(F)(c2cccc(Cl)c2)C1. The Balaban J connectivity index is 2.04. The average molecular weight is 334 g/mol. The molecule has 1 amide bonds. The quantitative estimate of drug-likeness (QED) is 0.848. The van der Waals surface area contributed by atoms with Crippen LogP contribution >= 0.6 is 11.6 Å². The summed E-state index contributed by atoms with van der Waals surface area (Å²) in [5, 5.41) is 0.450. The van der Waals surface area contributed by atoms with Gasteiger partial charge in [0.1, 0.15) is 9.84 Å². The van der Waals surface area contributed by atoms with E-state index >= 15 is 0 Å². The second-order valence-corrected chi connectivity index (χ2v) is 8.12. The molecular formula is C14H17ClFNO3S. The third kappa shape index (κ3) is 4.17. The van der Waals surface area contributed by atoms with Gasteiger partial charge in [-0.2, -0.15) is 0 Å². The molecular weight excluding hydrogens is 317 g/mol. The number of likely N-dealkylation sites (tertiary alicyclic amines) is 1. The van der Waals surface area contributed by atoms with Crippen molar-refractivity contribution in [2.75, 3.05) is 25.1 Å².